The van der Waals surface area contributed by atoms with Crippen LogP contribution in [0, 0.1) is 19.8 Å². The van der Waals surface area contributed by atoms with Crippen LogP contribution < -0.4 is 10.5 Å². The number of hydrogen-bond acceptors (Lipinski definition) is 5. The van der Waals surface area contributed by atoms with E-state index in [0.29, 0.717) is 22.7 Å². The molecule has 0 aliphatic rings. The third-order valence-corrected chi connectivity index (χ3v) is 3.08. The number of nitrogens with two attached hydrogens (primary N) is 1. The van der Waals surface area contributed by atoms with Gasteiger partial charge in [0.2, 0.25) is 5.95 Å². The average molecular weight is 290 g/mol. The molecule has 1 heterocycles. The third kappa shape index (κ3) is 2.94. The number of nitrogen functional groups attached to an aromatic ring is 1. The second-order valence-electron chi connectivity index (χ2n) is 4.46. The van der Waals surface area contributed by atoms with Crippen LogP contribution in [0.3, 0.4) is 0 Å². The Labute approximate surface area is 121 Å². The van der Waals surface area contributed by atoms with Crippen molar-refractivity contribution < 1.29 is 18.7 Å². The Morgan fingerprint density at radius 2 is 1.86 bits per heavy atom. The fraction of sp³-hybridized carbons (Fsp3) is 0.200. The number of hydrogen-bond donors (Lipinski definition) is 1. The van der Waals surface area contributed by atoms with Crippen LogP contribution in [-0.2, 0) is 4.74 Å². The molecule has 5 nitrogen and oxygen atoms in total. The first-order valence-corrected chi connectivity index (χ1v) is 6.22. The van der Waals surface area contributed by atoms with Gasteiger partial charge >= 0.3 is 5.97 Å². The topological polar surface area (TPSA) is 74.4 Å². The molecule has 0 radical (unpaired) electrons. The Bertz CT molecular complexity index is 702. The van der Waals surface area contributed by atoms with Gasteiger partial charge in [0.1, 0.15) is 17.1 Å². The fourth-order valence-electron chi connectivity index (χ4n) is 1.89. The highest BCUT2D eigenvalue weighted by atomic mass is 19.1. The van der Waals surface area contributed by atoms with Crippen LogP contribution in [0.2, 0.25) is 0 Å². The zero-order chi connectivity index (χ0) is 15.6. The van der Waals surface area contributed by atoms with Crippen molar-refractivity contribution in [1.29, 1.82) is 0 Å². The van der Waals surface area contributed by atoms with Crippen LogP contribution in [0.4, 0.5) is 10.1 Å². The molecule has 2 aromatic rings. The molecule has 0 saturated carbocycles. The molecule has 0 aliphatic carbocycles. The number of pyridine rings is 1. The van der Waals surface area contributed by atoms with Gasteiger partial charge in [-0.05, 0) is 43.7 Å². The van der Waals surface area contributed by atoms with Gasteiger partial charge in [0.05, 0.1) is 12.8 Å². The summed E-state index contributed by atoms with van der Waals surface area (Å²) in [4.78, 5) is 15.6. The maximum absolute atomic E-state index is 13.0. The number of halogens is 1. The molecule has 1 aromatic heterocycles. The summed E-state index contributed by atoms with van der Waals surface area (Å²) in [7, 11) is 1.28. The van der Waals surface area contributed by atoms with E-state index in [1.807, 2.05) is 0 Å². The highest BCUT2D eigenvalue weighted by Gasteiger charge is 2.19. The molecule has 0 spiro atoms. The quantitative estimate of drug-likeness (QED) is 0.534. The first-order chi connectivity index (χ1) is 9.93. The predicted molar refractivity (Wildman–Crippen MR) is 75.9 cm³/mol. The van der Waals surface area contributed by atoms with Crippen molar-refractivity contribution >= 4 is 11.7 Å². The molecule has 0 atom stereocenters. The summed E-state index contributed by atoms with van der Waals surface area (Å²) < 4.78 is 23.4. The Kier molecular flexibility index (Phi) is 4.07. The minimum absolute atomic E-state index is 0.237. The molecular weight excluding hydrogens is 275 g/mol. The maximum atomic E-state index is 13.0. The van der Waals surface area contributed by atoms with Crippen molar-refractivity contribution in [2.75, 3.05) is 12.8 Å². The molecular formula is C15H15FN2O3. The van der Waals surface area contributed by atoms with Crippen molar-refractivity contribution in [2.45, 2.75) is 13.8 Å². The second kappa shape index (κ2) is 5.78. The SMILES string of the molecule is COC(=O)c1c(Oc2ccc(F)nc2C)ccc(N)c1C. The normalized spacial score (nSPS) is 10.3. The third-order valence-electron chi connectivity index (χ3n) is 3.08. The van der Waals surface area contributed by atoms with Crippen molar-refractivity contribution in [2.24, 2.45) is 0 Å². The number of carbonyl (C=O) groups is 1. The Morgan fingerprint density at radius 3 is 2.48 bits per heavy atom. The average Bonchev–Trinajstić information content (AvgIpc) is 2.45. The summed E-state index contributed by atoms with van der Waals surface area (Å²) in [5, 5.41) is 0. The molecule has 6 heteroatoms. The van der Waals surface area contributed by atoms with Gasteiger partial charge in [-0.2, -0.15) is 4.39 Å². The number of anilines is 1. The molecule has 0 bridgehead atoms. The van der Waals surface area contributed by atoms with Gasteiger partial charge in [0, 0.05) is 5.69 Å². The highest BCUT2D eigenvalue weighted by molar-refractivity contribution is 5.95. The minimum Gasteiger partial charge on any atom is -0.465 e. The molecule has 1 aromatic carbocycles. The van der Waals surface area contributed by atoms with Crippen LogP contribution >= 0.6 is 0 Å². The van der Waals surface area contributed by atoms with E-state index in [0.717, 1.165) is 0 Å². The molecule has 0 fully saturated rings. The van der Waals surface area contributed by atoms with E-state index in [-0.39, 0.29) is 11.3 Å². The number of methoxy groups -OCH3 is 1. The van der Waals surface area contributed by atoms with Gasteiger partial charge in [-0.15, -0.1) is 0 Å². The molecule has 0 unspecified atom stereocenters. The number of ether oxygens (including phenoxy) is 2. The van der Waals surface area contributed by atoms with Crippen LogP contribution in [0.1, 0.15) is 21.6 Å². The van der Waals surface area contributed by atoms with E-state index >= 15 is 0 Å². The number of benzene rings is 1. The van der Waals surface area contributed by atoms with Crippen molar-refractivity contribution in [3.8, 4) is 11.5 Å². The highest BCUT2D eigenvalue weighted by Crippen LogP contribution is 2.32. The number of aryl methyl sites for hydroxylation is 1. The van der Waals surface area contributed by atoms with E-state index < -0.39 is 11.9 Å². The van der Waals surface area contributed by atoms with Gasteiger partial charge in [-0.1, -0.05) is 0 Å². The lowest BCUT2D eigenvalue weighted by Crippen LogP contribution is -2.08. The molecule has 0 aliphatic heterocycles. The van der Waals surface area contributed by atoms with Gasteiger partial charge in [-0.3, -0.25) is 0 Å². The standard InChI is InChI=1S/C15H15FN2O3/c1-8-10(17)4-5-12(14(8)15(19)20-3)21-11-6-7-13(16)18-9(11)2/h4-7H,17H2,1-3H3. The molecule has 0 saturated heterocycles. The Balaban J connectivity index is 2.49. The van der Waals surface area contributed by atoms with Crippen LogP contribution in [0.5, 0.6) is 11.5 Å². The first-order valence-electron chi connectivity index (χ1n) is 6.22. The summed E-state index contributed by atoms with van der Waals surface area (Å²) in [6.07, 6.45) is 0. The van der Waals surface area contributed by atoms with E-state index in [9.17, 15) is 9.18 Å². The number of esters is 1. The summed E-state index contributed by atoms with van der Waals surface area (Å²) in [6, 6.07) is 5.83. The zero-order valence-corrected chi connectivity index (χ0v) is 11.9. The smallest absolute Gasteiger partial charge is 0.342 e. The number of rotatable bonds is 3. The monoisotopic (exact) mass is 290 g/mol. The zero-order valence-electron chi connectivity index (χ0n) is 11.9. The van der Waals surface area contributed by atoms with Gasteiger partial charge < -0.3 is 15.2 Å². The van der Waals surface area contributed by atoms with Crippen molar-refractivity contribution in [3.63, 3.8) is 0 Å². The van der Waals surface area contributed by atoms with Crippen molar-refractivity contribution in [3.05, 3.63) is 47.0 Å². The van der Waals surface area contributed by atoms with Crippen LogP contribution in [-0.4, -0.2) is 18.1 Å². The number of aromatic nitrogens is 1. The number of carbonyl (C=O) groups excluding carboxylic acids is 1. The summed E-state index contributed by atoms with van der Waals surface area (Å²) >= 11 is 0. The van der Waals surface area contributed by atoms with Crippen LogP contribution in [0.25, 0.3) is 0 Å². The van der Waals surface area contributed by atoms with E-state index in [1.165, 1.54) is 19.2 Å². The fourth-order valence-corrected chi connectivity index (χ4v) is 1.89. The largest absolute Gasteiger partial charge is 0.465 e. The number of nitrogens with zero attached hydrogens (tertiary/aromatic N) is 1. The van der Waals surface area contributed by atoms with Crippen molar-refractivity contribution in [1.82, 2.24) is 4.98 Å². The second-order valence-corrected chi connectivity index (χ2v) is 4.46. The Hall–Kier alpha value is -2.63. The summed E-state index contributed by atoms with van der Waals surface area (Å²) in [5.74, 6) is -0.514. The van der Waals surface area contributed by atoms with Crippen LogP contribution in [0.15, 0.2) is 24.3 Å². The van der Waals surface area contributed by atoms with E-state index in [1.54, 1.807) is 26.0 Å². The lowest BCUT2D eigenvalue weighted by atomic mass is 10.1. The maximum Gasteiger partial charge on any atom is 0.342 e. The molecule has 110 valence electrons. The molecule has 2 N–H and O–H groups in total. The molecule has 21 heavy (non-hydrogen) atoms. The van der Waals surface area contributed by atoms with E-state index in [4.69, 9.17) is 15.2 Å². The summed E-state index contributed by atoms with van der Waals surface area (Å²) in [6.45, 7) is 3.31. The minimum atomic E-state index is -0.596. The first kappa shape index (κ1) is 14.8. The van der Waals surface area contributed by atoms with Gasteiger partial charge in [0.15, 0.2) is 0 Å². The lowest BCUT2D eigenvalue weighted by molar-refractivity contribution is 0.0597. The molecule has 2 rings (SSSR count). The Morgan fingerprint density at radius 1 is 1.19 bits per heavy atom. The van der Waals surface area contributed by atoms with Gasteiger partial charge in [-0.25, -0.2) is 9.78 Å². The lowest BCUT2D eigenvalue weighted by Gasteiger charge is -2.14. The van der Waals surface area contributed by atoms with Gasteiger partial charge in [0.25, 0.3) is 0 Å². The summed E-state index contributed by atoms with van der Waals surface area (Å²) in [5.41, 5.74) is 7.43. The molecule has 0 amide bonds. The van der Waals surface area contributed by atoms with E-state index in [2.05, 4.69) is 4.98 Å². The predicted octanol–water partition coefficient (Wildman–Crippen LogP) is 3.00.